The molecule has 0 saturated heterocycles. The van der Waals surface area contributed by atoms with Crippen molar-refractivity contribution in [2.45, 2.75) is 155 Å². The second-order valence-electron chi connectivity index (χ2n) is 21.6. The molecular weight excluding hydrogens is 905 g/mol. The molecule has 12 nitrogen and oxygen atoms in total. The smallest absolute Gasteiger partial charge is 0.421 e. The molecule has 0 aliphatic rings. The Morgan fingerprint density at radius 1 is 0.696 bits per heavy atom. The molecule has 14 heteroatoms. The van der Waals surface area contributed by atoms with Gasteiger partial charge in [-0.1, -0.05) is 131 Å². The number of hydrogen-bond donors (Lipinski definition) is 0. The molecule has 0 heterocycles. The van der Waals surface area contributed by atoms with Gasteiger partial charge in [-0.15, -0.1) is 0 Å². The van der Waals surface area contributed by atoms with Gasteiger partial charge in [0.25, 0.3) is 8.32 Å². The van der Waals surface area contributed by atoms with Crippen LogP contribution in [0.2, 0.25) is 24.7 Å². The van der Waals surface area contributed by atoms with Gasteiger partial charge in [0.2, 0.25) is 0 Å². The molecule has 69 heavy (non-hydrogen) atoms. The summed E-state index contributed by atoms with van der Waals surface area (Å²) in [5.41, 5.74) is 7.39. The lowest BCUT2D eigenvalue weighted by molar-refractivity contribution is -0.193. The minimum atomic E-state index is -3.45. The van der Waals surface area contributed by atoms with Gasteiger partial charge in [0.1, 0.15) is 17.0 Å². The summed E-state index contributed by atoms with van der Waals surface area (Å²) in [7, 11) is -4.88. The van der Waals surface area contributed by atoms with Crippen molar-refractivity contribution in [2.75, 3.05) is 13.7 Å². The predicted octanol–water partition coefficient (Wildman–Crippen LogP) is 10.1. The monoisotopic (exact) mass is 981 g/mol. The molecule has 0 bridgehead atoms. The van der Waals surface area contributed by atoms with Crippen LogP contribution >= 0.6 is 0 Å². The summed E-state index contributed by atoms with van der Waals surface area (Å²) in [6.07, 6.45) is -0.524. The fraction of sp³-hybridized carbons (Fsp3) is 0.491. The Kier molecular flexibility index (Phi) is 19.7. The lowest BCUT2D eigenvalue weighted by Crippen LogP contribution is -2.70. The molecule has 4 rings (SSSR count). The van der Waals surface area contributed by atoms with Gasteiger partial charge in [0, 0.05) is 6.42 Å². The number of carbonyl (C=O) groups excluding carboxylic acids is 3. The molecule has 2 unspecified atom stereocenters. The molecule has 4 atom stereocenters. The van der Waals surface area contributed by atoms with E-state index in [4.69, 9.17) is 32.5 Å². The van der Waals surface area contributed by atoms with E-state index in [-0.39, 0.29) is 18.4 Å². The maximum Gasteiger partial charge on any atom is 0.421 e. The highest BCUT2D eigenvalue weighted by atomic mass is 28.4. The van der Waals surface area contributed by atoms with Gasteiger partial charge >= 0.3 is 29.2 Å². The van der Waals surface area contributed by atoms with Crippen LogP contribution in [0.5, 0.6) is 5.75 Å². The first kappa shape index (κ1) is 56.4. The Hall–Kier alpha value is -5.22. The van der Waals surface area contributed by atoms with Gasteiger partial charge in [0.15, 0.2) is 14.4 Å². The Morgan fingerprint density at radius 2 is 1.22 bits per heavy atom. The summed E-state index contributed by atoms with van der Waals surface area (Å²) in [6, 6.07) is 37.6. The lowest BCUT2D eigenvalue weighted by atomic mass is 9.90. The molecule has 0 saturated carbocycles. The third-order valence-electron chi connectivity index (χ3n) is 11.3. The van der Waals surface area contributed by atoms with Crippen molar-refractivity contribution in [3.8, 4) is 5.75 Å². The average Bonchev–Trinajstić information content (AvgIpc) is 3.26. The lowest BCUT2D eigenvalue weighted by Gasteiger charge is -2.45. The second-order valence-corrected chi connectivity index (χ2v) is 30.3. The first-order valence-electron chi connectivity index (χ1n) is 23.9. The molecule has 0 aromatic heterocycles. The van der Waals surface area contributed by atoms with Gasteiger partial charge in [-0.05, 0) is 125 Å². The summed E-state index contributed by atoms with van der Waals surface area (Å²) in [5, 5.41) is 1.27. The molecule has 0 radical (unpaired) electrons. The van der Waals surface area contributed by atoms with E-state index in [1.54, 1.807) is 68.3 Å². The third kappa shape index (κ3) is 15.9. The summed E-state index contributed by atoms with van der Waals surface area (Å²) in [4.78, 5) is 47.9. The molecule has 0 aliphatic heterocycles. The van der Waals surface area contributed by atoms with Crippen LogP contribution in [-0.4, -0.2) is 87.8 Å². The maximum absolute atomic E-state index is 15.3. The van der Waals surface area contributed by atoms with Crippen molar-refractivity contribution in [1.82, 2.24) is 0 Å². The molecule has 4 aromatic carbocycles. The van der Waals surface area contributed by atoms with Gasteiger partial charge in [-0.25, -0.2) is 9.59 Å². The zero-order valence-electron chi connectivity index (χ0n) is 43.4. The van der Waals surface area contributed by atoms with E-state index in [2.05, 4.69) is 44.6 Å². The summed E-state index contributed by atoms with van der Waals surface area (Å²) in [6.45, 7) is 23.6. The summed E-state index contributed by atoms with van der Waals surface area (Å²) >= 11 is 0. The molecule has 4 aromatic rings. The zero-order chi connectivity index (χ0) is 51.3. The van der Waals surface area contributed by atoms with Crippen molar-refractivity contribution in [3.63, 3.8) is 0 Å². The van der Waals surface area contributed by atoms with E-state index in [9.17, 15) is 15.1 Å². The van der Waals surface area contributed by atoms with E-state index in [0.717, 1.165) is 28.1 Å². The van der Waals surface area contributed by atoms with Crippen LogP contribution in [-0.2, 0) is 55.2 Å². The highest BCUT2D eigenvalue weighted by Gasteiger charge is 2.67. The molecule has 0 amide bonds. The fourth-order valence-electron chi connectivity index (χ4n) is 8.40. The van der Waals surface area contributed by atoms with Gasteiger partial charge in [-0.3, -0.25) is 4.79 Å². The number of methoxy groups -OCH3 is 1. The SMILES string of the molecule is COc1ccc(CO[C@H](CCCC(=O)OC(CO[Si](c2ccccc2)(c2ccccc2)C(C)(C)C)C(O[Si](C)(C)C)(C(=O)OC(C)(C)C)C(=[N+]=[N-])C(=O)OC(C)(C)C)[C@H](C)Cc2ccccc2)cc1. The molecule has 0 spiro atoms. The van der Waals surface area contributed by atoms with Crippen LogP contribution in [0.15, 0.2) is 115 Å². The highest BCUT2D eigenvalue weighted by Crippen LogP contribution is 2.39. The minimum absolute atomic E-state index is 0.0661. The van der Waals surface area contributed by atoms with Gasteiger partial charge < -0.3 is 38.1 Å². The van der Waals surface area contributed by atoms with Crippen LogP contribution in [0.25, 0.3) is 5.53 Å². The normalized spacial score (nSPS) is 14.6. The first-order valence-corrected chi connectivity index (χ1v) is 29.2. The van der Waals surface area contributed by atoms with E-state index in [1.807, 2.05) is 103 Å². The van der Waals surface area contributed by atoms with E-state index >= 15 is 4.79 Å². The summed E-state index contributed by atoms with van der Waals surface area (Å²) < 4.78 is 44.7. The van der Waals surface area contributed by atoms with Crippen LogP contribution < -0.4 is 15.1 Å². The Morgan fingerprint density at radius 3 is 1.68 bits per heavy atom. The minimum Gasteiger partial charge on any atom is -0.497 e. The standard InChI is InChI=1S/C55H76N2O10Si2/c1-40(37-41-25-18-15-19-26-41)46(62-38-42-33-35-43(61-11)36-34-42)31-24-32-48(58)64-47(39-63-69(54(8,9)10,44-27-20-16-21-28-44)45-29-22-17-23-30-45)55(67-68(12,13)14,51(60)66-53(5,6)7)49(57-56)50(59)65-52(2,3)4/h15-23,25-30,33-36,40,46-47H,24,31-32,37-39H2,1-14H3/t40-,46-,47?,55?/m1/s1. The van der Waals surface area contributed by atoms with E-state index in [0.29, 0.717) is 19.4 Å². The zero-order valence-corrected chi connectivity index (χ0v) is 45.4. The quantitative estimate of drug-likeness (QED) is 0.0175. The number of nitrogens with zero attached hydrogens (tertiary/aromatic N) is 2. The molecule has 0 N–H and O–H groups in total. The fourth-order valence-corrected chi connectivity index (χ4v) is 14.2. The number of benzene rings is 4. The number of rotatable bonds is 23. The highest BCUT2D eigenvalue weighted by molar-refractivity contribution is 6.99. The van der Waals surface area contributed by atoms with Gasteiger partial charge in [0.05, 0.1) is 26.4 Å². The van der Waals surface area contributed by atoms with Crippen LogP contribution in [0.4, 0.5) is 0 Å². The number of hydrogen-bond acceptors (Lipinski definition) is 10. The van der Waals surface area contributed by atoms with E-state index in [1.165, 1.54) is 5.56 Å². The third-order valence-corrected chi connectivity index (χ3v) is 17.3. The Bertz CT molecular complexity index is 2270. The van der Waals surface area contributed by atoms with Crippen molar-refractivity contribution in [1.29, 1.82) is 0 Å². The van der Waals surface area contributed by atoms with Crippen molar-refractivity contribution in [3.05, 3.63) is 132 Å². The van der Waals surface area contributed by atoms with Crippen LogP contribution in [0.1, 0.15) is 99.6 Å². The van der Waals surface area contributed by atoms with Gasteiger partial charge in [-0.2, -0.15) is 4.79 Å². The van der Waals surface area contributed by atoms with E-state index < -0.39 is 74.8 Å². The van der Waals surface area contributed by atoms with Crippen molar-refractivity contribution < 1.29 is 51.7 Å². The number of carbonyl (C=O) groups is 3. The average molecular weight is 981 g/mol. The maximum atomic E-state index is 15.3. The topological polar surface area (TPSA) is 152 Å². The van der Waals surface area contributed by atoms with Crippen LogP contribution in [0.3, 0.4) is 0 Å². The first-order chi connectivity index (χ1) is 32.2. The molecular formula is C55H76N2O10Si2. The molecule has 0 aliphatic carbocycles. The predicted molar refractivity (Wildman–Crippen MR) is 276 cm³/mol. The van der Waals surface area contributed by atoms with Crippen molar-refractivity contribution >= 4 is 50.6 Å². The second kappa shape index (κ2) is 24.1. The molecule has 0 fully saturated rings. The largest absolute Gasteiger partial charge is 0.497 e. The molecule has 374 valence electrons. The number of ether oxygens (including phenoxy) is 5. The van der Waals surface area contributed by atoms with Crippen molar-refractivity contribution in [2.24, 2.45) is 5.92 Å². The van der Waals surface area contributed by atoms with Crippen LogP contribution in [0, 0.1) is 5.92 Å². The number of esters is 3. The Balaban J connectivity index is 1.86. The summed E-state index contributed by atoms with van der Waals surface area (Å²) in [5.74, 6) is -2.16. The Labute approximate surface area is 413 Å².